The Morgan fingerprint density at radius 2 is 1.89 bits per heavy atom. The molecular weight excluding hydrogens is 374 g/mol. The summed E-state index contributed by atoms with van der Waals surface area (Å²) in [5.74, 6) is -3.58. The lowest BCUT2D eigenvalue weighted by molar-refractivity contribution is -0.157. The highest BCUT2D eigenvalue weighted by atomic mass is 19.2. The van der Waals surface area contributed by atoms with E-state index >= 15 is 0 Å². The van der Waals surface area contributed by atoms with Crippen molar-refractivity contribution in [2.45, 2.75) is 58.3 Å². The summed E-state index contributed by atoms with van der Waals surface area (Å²) in [4.78, 5) is 38.1. The first-order chi connectivity index (χ1) is 13.0. The third-order valence-corrected chi connectivity index (χ3v) is 4.00. The molecule has 0 bridgehead atoms. The highest BCUT2D eigenvalue weighted by Crippen LogP contribution is 2.22. The number of halogens is 2. The molecule has 9 heteroatoms. The van der Waals surface area contributed by atoms with E-state index in [9.17, 15) is 23.2 Å². The van der Waals surface area contributed by atoms with E-state index in [1.165, 1.54) is 17.9 Å². The quantitative estimate of drug-likeness (QED) is 0.787. The first-order valence-electron chi connectivity index (χ1n) is 8.94. The van der Waals surface area contributed by atoms with Crippen molar-refractivity contribution in [2.24, 2.45) is 0 Å². The molecule has 1 aromatic carbocycles. The largest absolute Gasteiger partial charge is 0.451 e. The predicted molar refractivity (Wildman–Crippen MR) is 96.5 cm³/mol. The summed E-state index contributed by atoms with van der Waals surface area (Å²) in [6, 6.07) is 2.04. The maximum atomic E-state index is 13.2. The molecule has 28 heavy (non-hydrogen) atoms. The van der Waals surface area contributed by atoms with Crippen LogP contribution in [0.5, 0.6) is 0 Å². The minimum Gasteiger partial charge on any atom is -0.451 e. The van der Waals surface area contributed by atoms with Crippen molar-refractivity contribution < 1.29 is 32.6 Å². The Kier molecular flexibility index (Phi) is 6.58. The fraction of sp³-hybridized carbons (Fsp3) is 0.526. The van der Waals surface area contributed by atoms with Gasteiger partial charge in [0.25, 0.3) is 5.91 Å². The fourth-order valence-corrected chi connectivity index (χ4v) is 2.67. The normalized spacial score (nSPS) is 17.8. The molecule has 0 aromatic heterocycles. The molecule has 2 rings (SSSR count). The number of esters is 1. The molecule has 1 N–H and O–H groups in total. The van der Waals surface area contributed by atoms with Gasteiger partial charge in [0.1, 0.15) is 11.6 Å². The fourth-order valence-electron chi connectivity index (χ4n) is 2.67. The molecule has 7 nitrogen and oxygen atoms in total. The number of benzene rings is 1. The molecule has 1 aliphatic heterocycles. The van der Waals surface area contributed by atoms with Gasteiger partial charge < -0.3 is 14.8 Å². The molecule has 0 saturated carbocycles. The van der Waals surface area contributed by atoms with Crippen LogP contribution >= 0.6 is 0 Å². The number of anilines is 1. The van der Waals surface area contributed by atoms with Gasteiger partial charge in [0, 0.05) is 18.3 Å². The van der Waals surface area contributed by atoms with E-state index in [0.717, 1.165) is 12.1 Å². The van der Waals surface area contributed by atoms with Gasteiger partial charge in [-0.2, -0.15) is 0 Å². The first kappa shape index (κ1) is 21.6. The first-order valence-corrected chi connectivity index (χ1v) is 8.94. The lowest BCUT2D eigenvalue weighted by Gasteiger charge is -2.28. The molecule has 1 aromatic rings. The summed E-state index contributed by atoms with van der Waals surface area (Å²) in [6.07, 6.45) is -0.808. The molecule has 1 fully saturated rings. The molecule has 0 aliphatic carbocycles. The maximum absolute atomic E-state index is 13.2. The van der Waals surface area contributed by atoms with E-state index in [1.54, 1.807) is 20.8 Å². The van der Waals surface area contributed by atoms with Crippen molar-refractivity contribution in [3.8, 4) is 0 Å². The van der Waals surface area contributed by atoms with Crippen LogP contribution in [0.3, 0.4) is 0 Å². The minimum absolute atomic E-state index is 0.0306. The van der Waals surface area contributed by atoms with Crippen LogP contribution in [0, 0.1) is 11.6 Å². The third kappa shape index (κ3) is 5.64. The van der Waals surface area contributed by atoms with Gasteiger partial charge >= 0.3 is 12.1 Å². The molecular formula is C19H24F2N2O5. The van der Waals surface area contributed by atoms with Crippen molar-refractivity contribution in [1.29, 1.82) is 0 Å². The van der Waals surface area contributed by atoms with E-state index in [2.05, 4.69) is 5.32 Å². The lowest BCUT2D eigenvalue weighted by atomic mass is 10.2. The monoisotopic (exact) mass is 398 g/mol. The van der Waals surface area contributed by atoms with E-state index in [-0.39, 0.29) is 5.69 Å². The highest BCUT2D eigenvalue weighted by Gasteiger charge is 2.38. The SMILES string of the molecule is C[C@H](OC(=O)[C@@H]1CCCN1C(=O)OC(C)(C)C)C(=O)Nc1ccc(F)c(F)c1. The molecule has 154 valence electrons. The average Bonchev–Trinajstić information content (AvgIpc) is 3.06. The van der Waals surface area contributed by atoms with E-state index in [1.807, 2.05) is 0 Å². The van der Waals surface area contributed by atoms with E-state index in [4.69, 9.17) is 9.47 Å². The molecule has 0 radical (unpaired) electrons. The number of rotatable bonds is 4. The number of likely N-dealkylation sites (tertiary alicyclic amines) is 1. The van der Waals surface area contributed by atoms with Gasteiger partial charge in [0.05, 0.1) is 0 Å². The van der Waals surface area contributed by atoms with Crippen LogP contribution in [0.1, 0.15) is 40.5 Å². The van der Waals surface area contributed by atoms with Gasteiger partial charge in [-0.3, -0.25) is 9.69 Å². The number of nitrogens with zero attached hydrogens (tertiary/aromatic N) is 1. The van der Waals surface area contributed by atoms with Gasteiger partial charge in [-0.15, -0.1) is 0 Å². The lowest BCUT2D eigenvalue weighted by Crippen LogP contribution is -2.45. The Labute approximate surface area is 162 Å². The molecule has 0 spiro atoms. The number of carbonyl (C=O) groups is 3. The number of hydrogen-bond donors (Lipinski definition) is 1. The second-order valence-electron chi connectivity index (χ2n) is 7.53. The summed E-state index contributed by atoms with van der Waals surface area (Å²) in [6.45, 7) is 6.86. The molecule has 1 saturated heterocycles. The van der Waals surface area contributed by atoms with Crippen LogP contribution < -0.4 is 5.32 Å². The van der Waals surface area contributed by atoms with Gasteiger partial charge in [0.2, 0.25) is 0 Å². The number of carbonyl (C=O) groups excluding carboxylic acids is 3. The van der Waals surface area contributed by atoms with Crippen LogP contribution in [-0.4, -0.2) is 47.2 Å². The van der Waals surface area contributed by atoms with Gasteiger partial charge in [-0.25, -0.2) is 18.4 Å². The third-order valence-electron chi connectivity index (χ3n) is 4.00. The molecule has 2 amide bonds. The predicted octanol–water partition coefficient (Wildman–Crippen LogP) is 3.23. The number of nitrogens with one attached hydrogen (secondary N) is 1. The Morgan fingerprint density at radius 1 is 1.21 bits per heavy atom. The highest BCUT2D eigenvalue weighted by molar-refractivity contribution is 5.95. The van der Waals surface area contributed by atoms with Crippen molar-refractivity contribution in [3.63, 3.8) is 0 Å². The minimum atomic E-state index is -1.19. The molecule has 2 atom stereocenters. The summed E-state index contributed by atoms with van der Waals surface area (Å²) in [7, 11) is 0. The Morgan fingerprint density at radius 3 is 2.50 bits per heavy atom. The van der Waals surface area contributed by atoms with Crippen LogP contribution in [0.15, 0.2) is 18.2 Å². The van der Waals surface area contributed by atoms with E-state index < -0.39 is 47.4 Å². The van der Waals surface area contributed by atoms with Gasteiger partial charge in [-0.1, -0.05) is 0 Å². The number of ether oxygens (including phenoxy) is 2. The molecule has 1 aliphatic rings. The second kappa shape index (κ2) is 8.53. The van der Waals surface area contributed by atoms with Gasteiger partial charge in [0.15, 0.2) is 17.7 Å². The van der Waals surface area contributed by atoms with E-state index in [0.29, 0.717) is 19.4 Å². The molecule has 0 unspecified atom stereocenters. The summed E-state index contributed by atoms with van der Waals surface area (Å²) in [5.41, 5.74) is -0.672. The Hall–Kier alpha value is -2.71. The van der Waals surface area contributed by atoms with Gasteiger partial charge in [-0.05, 0) is 52.7 Å². The van der Waals surface area contributed by atoms with Crippen molar-refractivity contribution in [3.05, 3.63) is 29.8 Å². The summed E-state index contributed by atoms with van der Waals surface area (Å²) in [5, 5.41) is 2.34. The number of amides is 2. The topological polar surface area (TPSA) is 84.9 Å². The van der Waals surface area contributed by atoms with Crippen LogP contribution in [0.25, 0.3) is 0 Å². The zero-order valence-electron chi connectivity index (χ0n) is 16.3. The van der Waals surface area contributed by atoms with Crippen LogP contribution in [0.2, 0.25) is 0 Å². The summed E-state index contributed by atoms with van der Waals surface area (Å²) < 4.78 is 36.6. The Balaban J connectivity index is 1.95. The Bertz CT molecular complexity index is 763. The molecule has 1 heterocycles. The second-order valence-corrected chi connectivity index (χ2v) is 7.53. The zero-order chi connectivity index (χ0) is 21.1. The maximum Gasteiger partial charge on any atom is 0.411 e. The smallest absolute Gasteiger partial charge is 0.411 e. The average molecular weight is 398 g/mol. The van der Waals surface area contributed by atoms with Crippen molar-refractivity contribution in [1.82, 2.24) is 4.90 Å². The van der Waals surface area contributed by atoms with Crippen molar-refractivity contribution in [2.75, 3.05) is 11.9 Å². The summed E-state index contributed by atoms with van der Waals surface area (Å²) >= 11 is 0. The zero-order valence-corrected chi connectivity index (χ0v) is 16.3. The van der Waals surface area contributed by atoms with Crippen molar-refractivity contribution >= 4 is 23.7 Å². The number of hydrogen-bond acceptors (Lipinski definition) is 5. The van der Waals surface area contributed by atoms with Crippen LogP contribution in [-0.2, 0) is 19.1 Å². The standard InChI is InChI=1S/C19H24F2N2O5/c1-11(16(24)22-12-7-8-13(20)14(21)10-12)27-17(25)15-6-5-9-23(15)18(26)28-19(2,3)4/h7-8,10-11,15H,5-6,9H2,1-4H3,(H,22,24)/t11-,15-/m0/s1. The van der Waals surface area contributed by atoms with Crippen LogP contribution in [0.4, 0.5) is 19.3 Å².